The van der Waals surface area contributed by atoms with Crippen LogP contribution >= 0.6 is 11.3 Å². The van der Waals surface area contributed by atoms with Gasteiger partial charge in [-0.05, 0) is 37.9 Å². The molecule has 0 aliphatic carbocycles. The maximum atomic E-state index is 13.3. The number of para-hydroxylation sites is 1. The minimum absolute atomic E-state index is 0.137. The van der Waals surface area contributed by atoms with Crippen LogP contribution in [0.25, 0.3) is 21.1 Å². The fourth-order valence-electron chi connectivity index (χ4n) is 3.37. The third-order valence-corrected chi connectivity index (χ3v) is 5.94. The van der Waals surface area contributed by atoms with Crippen molar-refractivity contribution in [3.05, 3.63) is 54.2 Å². The van der Waals surface area contributed by atoms with E-state index < -0.39 is 6.36 Å². The molecule has 2 aromatic carbocycles. The van der Waals surface area contributed by atoms with Crippen LogP contribution in [0.15, 0.2) is 48.7 Å². The lowest BCUT2D eigenvalue weighted by Gasteiger charge is -2.22. The van der Waals surface area contributed by atoms with Crippen LogP contribution in [-0.4, -0.2) is 54.3 Å². The van der Waals surface area contributed by atoms with Crippen LogP contribution in [0.2, 0.25) is 0 Å². The number of carbonyl (C=O) groups is 1. The number of alkyl halides is 3. The molecule has 0 radical (unpaired) electrons. The van der Waals surface area contributed by atoms with Gasteiger partial charge in [-0.3, -0.25) is 9.69 Å². The number of hydrogen-bond donors (Lipinski definition) is 1. The fraction of sp³-hybridized carbons (Fsp3) is 0.273. The fourth-order valence-corrected chi connectivity index (χ4v) is 4.41. The Kier molecular flexibility index (Phi) is 6.07. The zero-order valence-corrected chi connectivity index (χ0v) is 18.3. The zero-order valence-electron chi connectivity index (χ0n) is 17.4. The van der Waals surface area contributed by atoms with E-state index in [0.29, 0.717) is 28.4 Å². The van der Waals surface area contributed by atoms with Gasteiger partial charge in [0.1, 0.15) is 5.75 Å². The van der Waals surface area contributed by atoms with Gasteiger partial charge in [-0.25, -0.2) is 4.98 Å². The second-order valence-electron chi connectivity index (χ2n) is 7.56. The number of benzene rings is 2. The SMILES string of the molecule is CN(C)CCN(C(=O)Cc1c[nH]c2ccccc12)c1nc2ccc(OC(F)(F)F)cc2s1. The van der Waals surface area contributed by atoms with Crippen molar-refractivity contribution in [2.24, 2.45) is 0 Å². The maximum absolute atomic E-state index is 13.3. The predicted molar refractivity (Wildman–Crippen MR) is 119 cm³/mol. The molecule has 1 amide bonds. The summed E-state index contributed by atoms with van der Waals surface area (Å²) in [6, 6.07) is 11.7. The average molecular weight is 462 g/mol. The number of likely N-dealkylation sites (N-methyl/N-ethyl adjacent to an activating group) is 1. The summed E-state index contributed by atoms with van der Waals surface area (Å²) in [5.41, 5.74) is 2.34. The molecule has 0 aliphatic heterocycles. The van der Waals surface area contributed by atoms with Gasteiger partial charge in [0.05, 0.1) is 16.6 Å². The van der Waals surface area contributed by atoms with Gasteiger partial charge in [-0.15, -0.1) is 13.2 Å². The molecule has 0 aliphatic rings. The molecule has 10 heteroatoms. The largest absolute Gasteiger partial charge is 0.573 e. The summed E-state index contributed by atoms with van der Waals surface area (Å²) >= 11 is 1.16. The Bertz CT molecular complexity index is 1250. The first-order chi connectivity index (χ1) is 15.2. The number of halogens is 3. The molecular formula is C22H21F3N4O2S. The monoisotopic (exact) mass is 462 g/mol. The number of amides is 1. The first-order valence-electron chi connectivity index (χ1n) is 9.86. The van der Waals surface area contributed by atoms with Gasteiger partial charge in [0, 0.05) is 36.3 Å². The molecule has 168 valence electrons. The number of carbonyl (C=O) groups excluding carboxylic acids is 1. The summed E-state index contributed by atoms with van der Waals surface area (Å²) < 4.78 is 42.2. The van der Waals surface area contributed by atoms with Crippen LogP contribution in [0.4, 0.5) is 18.3 Å². The zero-order chi connectivity index (χ0) is 22.9. The van der Waals surface area contributed by atoms with E-state index in [0.717, 1.165) is 27.8 Å². The van der Waals surface area contributed by atoms with E-state index in [1.54, 1.807) is 4.90 Å². The number of rotatable bonds is 7. The summed E-state index contributed by atoms with van der Waals surface area (Å²) in [7, 11) is 3.81. The molecule has 32 heavy (non-hydrogen) atoms. The van der Waals surface area contributed by atoms with E-state index in [4.69, 9.17) is 0 Å². The minimum atomic E-state index is -4.77. The molecule has 4 rings (SSSR count). The van der Waals surface area contributed by atoms with Gasteiger partial charge in [0.25, 0.3) is 0 Å². The summed E-state index contributed by atoms with van der Waals surface area (Å²) in [6.45, 7) is 1.01. The highest BCUT2D eigenvalue weighted by Gasteiger charge is 2.31. The lowest BCUT2D eigenvalue weighted by atomic mass is 10.1. The molecule has 1 N–H and O–H groups in total. The van der Waals surface area contributed by atoms with Crippen molar-refractivity contribution < 1.29 is 22.7 Å². The van der Waals surface area contributed by atoms with Crippen molar-refractivity contribution >= 4 is 43.5 Å². The lowest BCUT2D eigenvalue weighted by molar-refractivity contribution is -0.274. The van der Waals surface area contributed by atoms with E-state index >= 15 is 0 Å². The second-order valence-corrected chi connectivity index (χ2v) is 8.57. The number of fused-ring (bicyclic) bond motifs is 2. The molecule has 0 unspecified atom stereocenters. The highest BCUT2D eigenvalue weighted by molar-refractivity contribution is 7.22. The van der Waals surface area contributed by atoms with Gasteiger partial charge >= 0.3 is 6.36 Å². The molecule has 0 saturated heterocycles. The Balaban J connectivity index is 1.63. The number of nitrogens with zero attached hydrogens (tertiary/aromatic N) is 3. The first-order valence-corrected chi connectivity index (χ1v) is 10.7. The Morgan fingerprint density at radius 3 is 2.69 bits per heavy atom. The minimum Gasteiger partial charge on any atom is -0.406 e. The van der Waals surface area contributed by atoms with Gasteiger partial charge in [-0.1, -0.05) is 29.5 Å². The number of anilines is 1. The molecule has 0 fully saturated rings. The van der Waals surface area contributed by atoms with Crippen LogP contribution in [0.5, 0.6) is 5.75 Å². The van der Waals surface area contributed by atoms with Crippen LogP contribution in [0, 0.1) is 0 Å². The predicted octanol–water partition coefficient (Wildman–Crippen LogP) is 4.81. The van der Waals surface area contributed by atoms with Crippen LogP contribution < -0.4 is 9.64 Å². The third kappa shape index (κ3) is 5.03. The maximum Gasteiger partial charge on any atom is 0.573 e. The Hall–Kier alpha value is -3.11. The number of hydrogen-bond acceptors (Lipinski definition) is 5. The highest BCUT2D eigenvalue weighted by Crippen LogP contribution is 2.33. The van der Waals surface area contributed by atoms with Gasteiger partial charge < -0.3 is 14.6 Å². The Morgan fingerprint density at radius 1 is 1.16 bits per heavy atom. The van der Waals surface area contributed by atoms with Crippen LogP contribution in [0.3, 0.4) is 0 Å². The summed E-state index contributed by atoms with van der Waals surface area (Å²) in [6.07, 6.45) is -2.77. The van der Waals surface area contributed by atoms with Gasteiger partial charge in [-0.2, -0.15) is 0 Å². The van der Waals surface area contributed by atoms with Crippen molar-refractivity contribution in [2.45, 2.75) is 12.8 Å². The molecule has 2 heterocycles. The van der Waals surface area contributed by atoms with Crippen molar-refractivity contribution in [3.63, 3.8) is 0 Å². The lowest BCUT2D eigenvalue weighted by Crippen LogP contribution is -2.37. The van der Waals surface area contributed by atoms with Crippen LogP contribution in [-0.2, 0) is 11.2 Å². The van der Waals surface area contributed by atoms with Crippen molar-refractivity contribution in [3.8, 4) is 5.75 Å². The van der Waals surface area contributed by atoms with E-state index in [-0.39, 0.29) is 18.1 Å². The third-order valence-electron chi connectivity index (χ3n) is 4.90. The van der Waals surface area contributed by atoms with E-state index in [1.807, 2.05) is 49.5 Å². The Labute approximate surface area is 186 Å². The molecule has 4 aromatic rings. The quantitative estimate of drug-likeness (QED) is 0.428. The number of thiazole rings is 1. The number of H-pyrrole nitrogens is 1. The van der Waals surface area contributed by atoms with Crippen molar-refractivity contribution in [1.82, 2.24) is 14.9 Å². The van der Waals surface area contributed by atoms with E-state index in [9.17, 15) is 18.0 Å². The highest BCUT2D eigenvalue weighted by atomic mass is 32.1. The van der Waals surface area contributed by atoms with Gasteiger partial charge in [0.15, 0.2) is 5.13 Å². The molecule has 6 nitrogen and oxygen atoms in total. The van der Waals surface area contributed by atoms with Crippen LogP contribution in [0.1, 0.15) is 5.56 Å². The molecule has 0 spiro atoms. The molecular weight excluding hydrogens is 441 g/mol. The molecule has 0 atom stereocenters. The molecule has 0 bridgehead atoms. The topological polar surface area (TPSA) is 61.5 Å². The molecule has 0 saturated carbocycles. The first kappa shape index (κ1) is 22.1. The van der Waals surface area contributed by atoms with Gasteiger partial charge in [0.2, 0.25) is 5.91 Å². The summed E-state index contributed by atoms with van der Waals surface area (Å²) in [4.78, 5) is 24.5. The smallest absolute Gasteiger partial charge is 0.406 e. The number of nitrogens with one attached hydrogen (secondary N) is 1. The Morgan fingerprint density at radius 2 is 1.94 bits per heavy atom. The van der Waals surface area contributed by atoms with E-state index in [1.165, 1.54) is 18.2 Å². The molecule has 2 aromatic heterocycles. The average Bonchev–Trinajstić information content (AvgIpc) is 3.31. The summed E-state index contributed by atoms with van der Waals surface area (Å²) in [5.74, 6) is -0.451. The standard InChI is InChI=1S/C22H21F3N4O2S/c1-28(2)9-10-29(20(30)11-14-13-26-17-6-4-3-5-16(14)17)21-27-18-8-7-15(12-19(18)32-21)31-22(23,24)25/h3-8,12-13,26H,9-11H2,1-2H3. The number of aromatic amines is 1. The van der Waals surface area contributed by atoms with Crippen molar-refractivity contribution in [1.29, 1.82) is 0 Å². The second kappa shape index (κ2) is 8.79. The summed E-state index contributed by atoms with van der Waals surface area (Å²) in [5, 5.41) is 1.42. The number of aromatic nitrogens is 2. The van der Waals surface area contributed by atoms with Crippen molar-refractivity contribution in [2.75, 3.05) is 32.1 Å². The normalized spacial score (nSPS) is 12.1. The van der Waals surface area contributed by atoms with E-state index in [2.05, 4.69) is 14.7 Å². The number of ether oxygens (including phenoxy) is 1.